The van der Waals surface area contributed by atoms with Crippen LogP contribution in [0, 0.1) is 17.1 Å². The maximum absolute atomic E-state index is 13.6. The van der Waals surface area contributed by atoms with E-state index >= 15 is 0 Å². The number of carbonyl (C=O) groups is 1. The fraction of sp³-hybridized carbons (Fsp3) is 0. The largest absolute Gasteiger partial charge is 0.319 e. The Labute approximate surface area is 117 Å². The Balaban J connectivity index is 2.22. The van der Waals surface area contributed by atoms with Crippen molar-refractivity contribution in [3.63, 3.8) is 0 Å². The molecule has 0 aliphatic rings. The Morgan fingerprint density at radius 2 is 2.05 bits per heavy atom. The molecule has 0 atom stereocenters. The van der Waals surface area contributed by atoms with E-state index in [1.807, 2.05) is 6.07 Å². The zero-order valence-electron chi connectivity index (χ0n) is 9.65. The minimum Gasteiger partial charge on any atom is -0.319 e. The van der Waals surface area contributed by atoms with Gasteiger partial charge in [-0.3, -0.25) is 4.79 Å². The number of rotatable bonds is 2. The highest BCUT2D eigenvalue weighted by molar-refractivity contribution is 9.10. The van der Waals surface area contributed by atoms with Gasteiger partial charge in [0.1, 0.15) is 5.82 Å². The van der Waals surface area contributed by atoms with Crippen molar-refractivity contribution < 1.29 is 9.18 Å². The predicted octanol–water partition coefficient (Wildman–Crippen LogP) is 3.71. The van der Waals surface area contributed by atoms with Crippen LogP contribution in [0.15, 0.2) is 46.9 Å². The van der Waals surface area contributed by atoms with E-state index in [1.165, 1.54) is 12.1 Å². The van der Waals surface area contributed by atoms with Gasteiger partial charge in [-0.2, -0.15) is 5.26 Å². The number of carbonyl (C=O) groups excluding carboxylic acids is 1. The van der Waals surface area contributed by atoms with Gasteiger partial charge in [0, 0.05) is 10.0 Å². The van der Waals surface area contributed by atoms with E-state index in [0.29, 0.717) is 5.56 Å². The van der Waals surface area contributed by atoms with E-state index in [0.717, 1.165) is 10.5 Å². The number of amides is 1. The van der Waals surface area contributed by atoms with Gasteiger partial charge in [0.25, 0.3) is 5.91 Å². The molecule has 0 fully saturated rings. The topological polar surface area (TPSA) is 52.9 Å². The van der Waals surface area contributed by atoms with Crippen LogP contribution in [0.5, 0.6) is 0 Å². The first-order valence-corrected chi connectivity index (χ1v) is 6.16. The first kappa shape index (κ1) is 13.2. The summed E-state index contributed by atoms with van der Waals surface area (Å²) >= 11 is 3.26. The molecule has 1 amide bonds. The van der Waals surface area contributed by atoms with Crippen molar-refractivity contribution >= 4 is 27.5 Å². The molecule has 0 saturated heterocycles. The molecular formula is C14H8BrFN2O. The molecule has 0 bridgehead atoms. The van der Waals surface area contributed by atoms with Crippen molar-refractivity contribution in [3.8, 4) is 6.07 Å². The van der Waals surface area contributed by atoms with Gasteiger partial charge in [0.2, 0.25) is 0 Å². The molecule has 5 heteroatoms. The average molecular weight is 319 g/mol. The minimum absolute atomic E-state index is 0.0453. The number of anilines is 1. The summed E-state index contributed by atoms with van der Waals surface area (Å²) in [5.74, 6) is -1.05. The van der Waals surface area contributed by atoms with Crippen molar-refractivity contribution in [2.45, 2.75) is 0 Å². The van der Waals surface area contributed by atoms with Crippen LogP contribution in [0.25, 0.3) is 0 Å². The van der Waals surface area contributed by atoms with E-state index in [9.17, 15) is 9.18 Å². The summed E-state index contributed by atoms with van der Waals surface area (Å²) in [6, 6.07) is 12.5. The maximum atomic E-state index is 13.6. The van der Waals surface area contributed by atoms with E-state index in [2.05, 4.69) is 21.2 Å². The Morgan fingerprint density at radius 3 is 2.68 bits per heavy atom. The molecule has 0 aromatic heterocycles. The third kappa shape index (κ3) is 3.18. The Kier molecular flexibility index (Phi) is 3.93. The lowest BCUT2D eigenvalue weighted by molar-refractivity contribution is 0.102. The van der Waals surface area contributed by atoms with Crippen LogP contribution in [0.1, 0.15) is 15.9 Å². The number of hydrogen-bond acceptors (Lipinski definition) is 2. The molecule has 2 aromatic rings. The maximum Gasteiger partial charge on any atom is 0.255 e. The minimum atomic E-state index is -0.637. The third-order valence-corrected chi connectivity index (χ3v) is 2.93. The van der Waals surface area contributed by atoms with Crippen LogP contribution < -0.4 is 5.32 Å². The van der Waals surface area contributed by atoms with Crippen LogP contribution in [-0.2, 0) is 0 Å². The van der Waals surface area contributed by atoms with Crippen LogP contribution in [-0.4, -0.2) is 5.91 Å². The van der Waals surface area contributed by atoms with Crippen molar-refractivity contribution in [1.29, 1.82) is 5.26 Å². The fourth-order valence-corrected chi connectivity index (χ4v) is 1.91. The van der Waals surface area contributed by atoms with Gasteiger partial charge in [-0.05, 0) is 36.4 Å². The molecule has 0 aliphatic carbocycles. The SMILES string of the molecule is N#Cc1ccc(NC(=O)c2cccc(Br)c2)c(F)c1. The summed E-state index contributed by atoms with van der Waals surface area (Å²) in [6.07, 6.45) is 0. The summed E-state index contributed by atoms with van der Waals surface area (Å²) < 4.78 is 14.4. The van der Waals surface area contributed by atoms with Crippen LogP contribution in [0.4, 0.5) is 10.1 Å². The number of hydrogen-bond donors (Lipinski definition) is 1. The molecule has 0 saturated carbocycles. The molecule has 0 heterocycles. The highest BCUT2D eigenvalue weighted by Crippen LogP contribution is 2.18. The van der Waals surface area contributed by atoms with Gasteiger partial charge in [-0.1, -0.05) is 22.0 Å². The molecule has 1 N–H and O–H groups in total. The van der Waals surface area contributed by atoms with Crippen LogP contribution >= 0.6 is 15.9 Å². The van der Waals surface area contributed by atoms with Gasteiger partial charge in [0.15, 0.2) is 0 Å². The van der Waals surface area contributed by atoms with Gasteiger partial charge in [0.05, 0.1) is 17.3 Å². The highest BCUT2D eigenvalue weighted by atomic mass is 79.9. The third-order valence-electron chi connectivity index (χ3n) is 2.43. The molecule has 2 rings (SSSR count). The predicted molar refractivity (Wildman–Crippen MR) is 73.2 cm³/mol. The molecule has 3 nitrogen and oxygen atoms in total. The summed E-state index contributed by atoms with van der Waals surface area (Å²) in [4.78, 5) is 11.9. The van der Waals surface area contributed by atoms with E-state index < -0.39 is 11.7 Å². The van der Waals surface area contributed by atoms with Crippen LogP contribution in [0.2, 0.25) is 0 Å². The lowest BCUT2D eigenvalue weighted by atomic mass is 10.2. The van der Waals surface area contributed by atoms with Crippen molar-refractivity contribution in [2.75, 3.05) is 5.32 Å². The van der Waals surface area contributed by atoms with E-state index in [1.54, 1.807) is 24.3 Å². The van der Waals surface area contributed by atoms with Crippen LogP contribution in [0.3, 0.4) is 0 Å². The first-order chi connectivity index (χ1) is 9.10. The molecule has 2 aromatic carbocycles. The van der Waals surface area contributed by atoms with Crippen molar-refractivity contribution in [1.82, 2.24) is 0 Å². The zero-order chi connectivity index (χ0) is 13.8. The average Bonchev–Trinajstić information content (AvgIpc) is 2.41. The number of nitrogens with one attached hydrogen (secondary N) is 1. The van der Waals surface area contributed by atoms with Gasteiger partial charge in [-0.15, -0.1) is 0 Å². The molecule has 0 radical (unpaired) electrons. The molecule has 94 valence electrons. The second kappa shape index (κ2) is 5.63. The molecule has 0 unspecified atom stereocenters. The highest BCUT2D eigenvalue weighted by Gasteiger charge is 2.10. The normalized spacial score (nSPS) is 9.74. The summed E-state index contributed by atoms with van der Waals surface area (Å²) in [7, 11) is 0. The molecule has 0 aliphatic heterocycles. The molecular weight excluding hydrogens is 311 g/mol. The van der Waals surface area contributed by atoms with Gasteiger partial charge in [-0.25, -0.2) is 4.39 Å². The number of nitriles is 1. The second-order valence-corrected chi connectivity index (χ2v) is 4.69. The van der Waals surface area contributed by atoms with E-state index in [-0.39, 0.29) is 11.3 Å². The summed E-state index contributed by atoms with van der Waals surface area (Å²) in [5, 5.41) is 11.1. The monoisotopic (exact) mass is 318 g/mol. The fourth-order valence-electron chi connectivity index (χ4n) is 1.51. The smallest absolute Gasteiger partial charge is 0.255 e. The van der Waals surface area contributed by atoms with Crippen molar-refractivity contribution in [2.24, 2.45) is 0 Å². The summed E-state index contributed by atoms with van der Waals surface area (Å²) in [6.45, 7) is 0. The summed E-state index contributed by atoms with van der Waals surface area (Å²) in [5.41, 5.74) is 0.667. The van der Waals surface area contributed by atoms with Gasteiger partial charge < -0.3 is 5.32 Å². The lowest BCUT2D eigenvalue weighted by Gasteiger charge is -2.06. The lowest BCUT2D eigenvalue weighted by Crippen LogP contribution is -2.13. The number of nitrogens with zero attached hydrogens (tertiary/aromatic N) is 1. The van der Waals surface area contributed by atoms with Gasteiger partial charge >= 0.3 is 0 Å². The Hall–Kier alpha value is -2.19. The zero-order valence-corrected chi connectivity index (χ0v) is 11.2. The van der Waals surface area contributed by atoms with E-state index in [4.69, 9.17) is 5.26 Å². The number of benzene rings is 2. The Bertz CT molecular complexity index is 679. The quantitative estimate of drug-likeness (QED) is 0.917. The molecule has 0 spiro atoms. The standard InChI is InChI=1S/C14H8BrFN2O/c15-11-3-1-2-10(7-11)14(19)18-13-5-4-9(8-17)6-12(13)16/h1-7H,(H,18,19). The van der Waals surface area contributed by atoms with Crippen molar-refractivity contribution in [3.05, 3.63) is 63.9 Å². The second-order valence-electron chi connectivity index (χ2n) is 3.77. The Morgan fingerprint density at radius 1 is 1.26 bits per heavy atom. The first-order valence-electron chi connectivity index (χ1n) is 5.37. The molecule has 19 heavy (non-hydrogen) atoms. The number of halogens is 2.